The molecule has 0 spiro atoms. The molecule has 1 rings (SSSR count). The minimum absolute atomic E-state index is 0.0777. The maximum absolute atomic E-state index is 11.4. The average molecular weight is 239 g/mol. The van der Waals surface area contributed by atoms with E-state index in [0.29, 0.717) is 13.0 Å². The van der Waals surface area contributed by atoms with Gasteiger partial charge in [-0.25, -0.2) is 4.68 Å². The van der Waals surface area contributed by atoms with Gasteiger partial charge in [0, 0.05) is 26.1 Å². The second kappa shape index (κ2) is 7.65. The van der Waals surface area contributed by atoms with Gasteiger partial charge in [-0.3, -0.25) is 4.79 Å². The molecule has 0 saturated carbocycles. The standard InChI is InChI=1S/C11H21N5O/c1-3-6-13-11(17)5-7-12-10-9-14-15-16(10)8-4-2/h9,12H,3-8H2,1-2H3,(H,13,17). The number of hydrogen-bond acceptors (Lipinski definition) is 4. The number of anilines is 1. The predicted molar refractivity (Wildman–Crippen MR) is 66.7 cm³/mol. The molecule has 1 aromatic heterocycles. The Morgan fingerprint density at radius 1 is 1.35 bits per heavy atom. The first-order valence-corrected chi connectivity index (χ1v) is 6.17. The molecule has 0 aliphatic heterocycles. The third-order valence-corrected chi connectivity index (χ3v) is 2.28. The minimum Gasteiger partial charge on any atom is -0.368 e. The molecule has 0 atom stereocenters. The molecule has 6 nitrogen and oxygen atoms in total. The van der Waals surface area contributed by atoms with Crippen LogP contribution in [0, 0.1) is 0 Å². The topological polar surface area (TPSA) is 71.8 Å². The summed E-state index contributed by atoms with van der Waals surface area (Å²) in [5, 5.41) is 13.8. The van der Waals surface area contributed by atoms with E-state index in [1.54, 1.807) is 6.20 Å². The van der Waals surface area contributed by atoms with E-state index in [-0.39, 0.29) is 5.91 Å². The SMILES string of the molecule is CCCNC(=O)CCNc1cnnn1CCC. The first-order valence-electron chi connectivity index (χ1n) is 6.17. The van der Waals surface area contributed by atoms with E-state index in [9.17, 15) is 4.79 Å². The smallest absolute Gasteiger partial charge is 0.221 e. The maximum atomic E-state index is 11.4. The van der Waals surface area contributed by atoms with Crippen molar-refractivity contribution in [2.75, 3.05) is 18.4 Å². The van der Waals surface area contributed by atoms with Crippen LogP contribution in [0.2, 0.25) is 0 Å². The van der Waals surface area contributed by atoms with Gasteiger partial charge in [0.05, 0.1) is 6.20 Å². The van der Waals surface area contributed by atoms with Crippen molar-refractivity contribution in [3.8, 4) is 0 Å². The Balaban J connectivity index is 2.25. The van der Waals surface area contributed by atoms with Crippen molar-refractivity contribution in [2.45, 2.75) is 39.7 Å². The highest BCUT2D eigenvalue weighted by Gasteiger charge is 2.03. The van der Waals surface area contributed by atoms with Crippen molar-refractivity contribution in [3.05, 3.63) is 6.20 Å². The zero-order valence-electron chi connectivity index (χ0n) is 10.6. The molecule has 0 aliphatic rings. The molecule has 0 aliphatic carbocycles. The fourth-order valence-electron chi connectivity index (χ4n) is 1.43. The van der Waals surface area contributed by atoms with Crippen molar-refractivity contribution >= 4 is 11.7 Å². The van der Waals surface area contributed by atoms with E-state index in [2.05, 4.69) is 27.9 Å². The Morgan fingerprint density at radius 2 is 2.18 bits per heavy atom. The van der Waals surface area contributed by atoms with Crippen molar-refractivity contribution in [2.24, 2.45) is 0 Å². The second-order valence-corrected chi connectivity index (χ2v) is 3.87. The van der Waals surface area contributed by atoms with Gasteiger partial charge in [0.1, 0.15) is 5.82 Å². The molecular weight excluding hydrogens is 218 g/mol. The lowest BCUT2D eigenvalue weighted by atomic mass is 10.3. The van der Waals surface area contributed by atoms with E-state index in [1.807, 2.05) is 11.6 Å². The Labute approximate surface area is 102 Å². The summed E-state index contributed by atoms with van der Waals surface area (Å²) in [6.45, 7) is 6.31. The van der Waals surface area contributed by atoms with Gasteiger partial charge in [0.2, 0.25) is 5.91 Å². The zero-order valence-corrected chi connectivity index (χ0v) is 10.6. The molecule has 0 fully saturated rings. The van der Waals surface area contributed by atoms with E-state index < -0.39 is 0 Å². The van der Waals surface area contributed by atoms with Crippen LogP contribution in [0.5, 0.6) is 0 Å². The fourth-order valence-corrected chi connectivity index (χ4v) is 1.43. The summed E-state index contributed by atoms with van der Waals surface area (Å²) in [6.07, 6.45) is 4.12. The Bertz CT molecular complexity index is 336. The van der Waals surface area contributed by atoms with Crippen LogP contribution in [0.1, 0.15) is 33.1 Å². The van der Waals surface area contributed by atoms with Gasteiger partial charge in [-0.1, -0.05) is 19.1 Å². The van der Waals surface area contributed by atoms with Crippen LogP contribution < -0.4 is 10.6 Å². The summed E-state index contributed by atoms with van der Waals surface area (Å²) in [7, 11) is 0. The Hall–Kier alpha value is -1.59. The normalized spacial score (nSPS) is 10.2. The van der Waals surface area contributed by atoms with Crippen molar-refractivity contribution in [1.82, 2.24) is 20.3 Å². The number of aryl methyl sites for hydroxylation is 1. The van der Waals surface area contributed by atoms with Crippen LogP contribution in [-0.2, 0) is 11.3 Å². The fraction of sp³-hybridized carbons (Fsp3) is 0.727. The lowest BCUT2D eigenvalue weighted by molar-refractivity contribution is -0.120. The number of rotatable bonds is 8. The monoisotopic (exact) mass is 239 g/mol. The highest BCUT2D eigenvalue weighted by molar-refractivity contribution is 5.76. The van der Waals surface area contributed by atoms with E-state index >= 15 is 0 Å². The second-order valence-electron chi connectivity index (χ2n) is 3.87. The molecule has 2 N–H and O–H groups in total. The van der Waals surface area contributed by atoms with Gasteiger partial charge >= 0.3 is 0 Å². The van der Waals surface area contributed by atoms with Gasteiger partial charge in [-0.15, -0.1) is 5.10 Å². The molecule has 0 bridgehead atoms. The third-order valence-electron chi connectivity index (χ3n) is 2.28. The highest BCUT2D eigenvalue weighted by Crippen LogP contribution is 2.04. The van der Waals surface area contributed by atoms with Crippen LogP contribution >= 0.6 is 0 Å². The molecule has 1 aromatic rings. The Morgan fingerprint density at radius 3 is 2.88 bits per heavy atom. The molecule has 0 aromatic carbocycles. The van der Waals surface area contributed by atoms with Crippen LogP contribution in [0.25, 0.3) is 0 Å². The number of amides is 1. The molecule has 17 heavy (non-hydrogen) atoms. The summed E-state index contributed by atoms with van der Waals surface area (Å²) in [4.78, 5) is 11.4. The van der Waals surface area contributed by atoms with Gasteiger partial charge in [0.25, 0.3) is 0 Å². The van der Waals surface area contributed by atoms with Crippen LogP contribution in [0.4, 0.5) is 5.82 Å². The average Bonchev–Trinajstić information content (AvgIpc) is 2.75. The summed E-state index contributed by atoms with van der Waals surface area (Å²) < 4.78 is 1.81. The molecule has 0 unspecified atom stereocenters. The first kappa shape index (κ1) is 13.5. The van der Waals surface area contributed by atoms with Crippen LogP contribution in [0.15, 0.2) is 6.20 Å². The molecular formula is C11H21N5O. The number of nitrogens with zero attached hydrogens (tertiary/aromatic N) is 3. The maximum Gasteiger partial charge on any atom is 0.221 e. The largest absolute Gasteiger partial charge is 0.368 e. The number of carbonyl (C=O) groups is 1. The highest BCUT2D eigenvalue weighted by atomic mass is 16.1. The lowest BCUT2D eigenvalue weighted by Crippen LogP contribution is -2.26. The summed E-state index contributed by atoms with van der Waals surface area (Å²) in [6, 6.07) is 0. The van der Waals surface area contributed by atoms with Crippen LogP contribution in [-0.4, -0.2) is 34.0 Å². The zero-order chi connectivity index (χ0) is 12.5. The lowest BCUT2D eigenvalue weighted by Gasteiger charge is -2.07. The predicted octanol–water partition coefficient (Wildman–Crippen LogP) is 1.02. The molecule has 96 valence electrons. The van der Waals surface area contributed by atoms with Gasteiger partial charge < -0.3 is 10.6 Å². The van der Waals surface area contributed by atoms with Gasteiger partial charge in [-0.2, -0.15) is 0 Å². The summed E-state index contributed by atoms with van der Waals surface area (Å²) in [5.74, 6) is 0.948. The molecule has 1 amide bonds. The van der Waals surface area contributed by atoms with E-state index in [4.69, 9.17) is 0 Å². The van der Waals surface area contributed by atoms with Crippen LogP contribution in [0.3, 0.4) is 0 Å². The molecule has 6 heteroatoms. The molecule has 0 saturated heterocycles. The van der Waals surface area contributed by atoms with Crippen molar-refractivity contribution in [1.29, 1.82) is 0 Å². The van der Waals surface area contributed by atoms with Gasteiger partial charge in [-0.05, 0) is 12.8 Å². The Kier molecular flexibility index (Phi) is 6.06. The third kappa shape index (κ3) is 4.84. The van der Waals surface area contributed by atoms with Gasteiger partial charge in [0.15, 0.2) is 0 Å². The number of nitrogens with one attached hydrogen (secondary N) is 2. The van der Waals surface area contributed by atoms with Crippen molar-refractivity contribution < 1.29 is 4.79 Å². The number of carbonyl (C=O) groups excluding carboxylic acids is 1. The first-order chi connectivity index (χ1) is 8.27. The number of hydrogen-bond donors (Lipinski definition) is 2. The quantitative estimate of drug-likeness (QED) is 0.710. The summed E-state index contributed by atoms with van der Waals surface area (Å²) >= 11 is 0. The van der Waals surface area contributed by atoms with E-state index in [1.165, 1.54) is 0 Å². The molecule has 1 heterocycles. The number of aromatic nitrogens is 3. The van der Waals surface area contributed by atoms with E-state index in [0.717, 1.165) is 31.7 Å². The molecule has 0 radical (unpaired) electrons. The van der Waals surface area contributed by atoms with Crippen molar-refractivity contribution in [3.63, 3.8) is 0 Å². The summed E-state index contributed by atoms with van der Waals surface area (Å²) in [5.41, 5.74) is 0. The minimum atomic E-state index is 0.0777.